The van der Waals surface area contributed by atoms with Crippen LogP contribution in [-0.2, 0) is 6.54 Å². The van der Waals surface area contributed by atoms with Crippen LogP contribution in [-0.4, -0.2) is 37.2 Å². The summed E-state index contributed by atoms with van der Waals surface area (Å²) in [6, 6.07) is 8.91. The Hall–Kier alpha value is -1.06. The lowest BCUT2D eigenvalue weighted by Gasteiger charge is -2.35. The fourth-order valence-electron chi connectivity index (χ4n) is 2.76. The number of para-hydroxylation sites is 1. The van der Waals surface area contributed by atoms with Crippen molar-refractivity contribution in [1.82, 2.24) is 10.2 Å². The monoisotopic (exact) mass is 290 g/mol. The summed E-state index contributed by atoms with van der Waals surface area (Å²) in [6.07, 6.45) is 1.18. The van der Waals surface area contributed by atoms with Crippen molar-refractivity contribution in [2.75, 3.05) is 26.2 Å². The molecule has 1 unspecified atom stereocenters. The van der Waals surface area contributed by atoms with Crippen molar-refractivity contribution >= 4 is 0 Å². The topological polar surface area (TPSA) is 24.5 Å². The second-order valence-corrected chi connectivity index (χ2v) is 7.06. The molecule has 1 N–H and O–H groups in total. The molecule has 3 nitrogen and oxygen atoms in total. The molecule has 118 valence electrons. The Balaban J connectivity index is 2.03. The number of rotatable bonds is 5. The molecule has 0 radical (unpaired) electrons. The molecule has 1 aliphatic heterocycles. The molecular weight excluding hydrogens is 260 g/mol. The van der Waals surface area contributed by atoms with Crippen molar-refractivity contribution in [3.8, 4) is 5.75 Å². The molecule has 3 heteroatoms. The van der Waals surface area contributed by atoms with Crippen LogP contribution in [0, 0.1) is 5.41 Å². The van der Waals surface area contributed by atoms with Crippen LogP contribution in [0.2, 0.25) is 0 Å². The second kappa shape index (κ2) is 7.28. The SMILES string of the molecule is CCCNC(CN1CCOc2ccccc2C1)C(C)(C)C. The largest absolute Gasteiger partial charge is 0.492 e. The van der Waals surface area contributed by atoms with Crippen LogP contribution in [0.25, 0.3) is 0 Å². The molecule has 0 fully saturated rings. The summed E-state index contributed by atoms with van der Waals surface area (Å²) in [4.78, 5) is 2.52. The van der Waals surface area contributed by atoms with Crippen LogP contribution in [0.15, 0.2) is 24.3 Å². The maximum Gasteiger partial charge on any atom is 0.123 e. The van der Waals surface area contributed by atoms with Crippen LogP contribution < -0.4 is 10.1 Å². The first kappa shape index (κ1) is 16.3. The maximum atomic E-state index is 5.86. The van der Waals surface area contributed by atoms with E-state index in [1.54, 1.807) is 0 Å². The van der Waals surface area contributed by atoms with Gasteiger partial charge in [0, 0.05) is 31.2 Å². The number of nitrogens with zero attached hydrogens (tertiary/aromatic N) is 1. The van der Waals surface area contributed by atoms with Gasteiger partial charge in [0.1, 0.15) is 12.4 Å². The van der Waals surface area contributed by atoms with E-state index < -0.39 is 0 Å². The van der Waals surface area contributed by atoms with E-state index in [0.717, 1.165) is 38.5 Å². The molecule has 1 aromatic carbocycles. The number of hydrogen-bond acceptors (Lipinski definition) is 3. The Morgan fingerprint density at radius 2 is 2.05 bits per heavy atom. The zero-order valence-electron chi connectivity index (χ0n) is 14.0. The summed E-state index contributed by atoms with van der Waals surface area (Å²) in [5.74, 6) is 1.05. The number of ether oxygens (including phenoxy) is 1. The van der Waals surface area contributed by atoms with Gasteiger partial charge in [-0.05, 0) is 24.4 Å². The Labute approximate surface area is 129 Å². The molecule has 0 aliphatic carbocycles. The number of fused-ring (bicyclic) bond motifs is 1. The Morgan fingerprint density at radius 3 is 2.76 bits per heavy atom. The lowest BCUT2D eigenvalue weighted by Crippen LogP contribution is -2.49. The smallest absolute Gasteiger partial charge is 0.123 e. The number of benzene rings is 1. The predicted octanol–water partition coefficient (Wildman–Crippen LogP) is 3.30. The highest BCUT2D eigenvalue weighted by Crippen LogP contribution is 2.25. The van der Waals surface area contributed by atoms with Crippen molar-refractivity contribution < 1.29 is 4.74 Å². The van der Waals surface area contributed by atoms with Crippen molar-refractivity contribution in [3.63, 3.8) is 0 Å². The third-order valence-corrected chi connectivity index (χ3v) is 4.16. The third kappa shape index (κ3) is 4.72. The average Bonchev–Trinajstić information content (AvgIpc) is 2.63. The van der Waals surface area contributed by atoms with E-state index in [-0.39, 0.29) is 5.41 Å². The van der Waals surface area contributed by atoms with Gasteiger partial charge in [-0.25, -0.2) is 0 Å². The van der Waals surface area contributed by atoms with Crippen LogP contribution in [0.3, 0.4) is 0 Å². The summed E-state index contributed by atoms with van der Waals surface area (Å²) in [5.41, 5.74) is 1.57. The first-order valence-corrected chi connectivity index (χ1v) is 8.17. The first-order valence-electron chi connectivity index (χ1n) is 8.17. The van der Waals surface area contributed by atoms with Gasteiger partial charge in [0.25, 0.3) is 0 Å². The molecule has 0 spiro atoms. The highest BCUT2D eigenvalue weighted by molar-refractivity contribution is 5.33. The molecule has 0 saturated heterocycles. The van der Waals surface area contributed by atoms with Gasteiger partial charge in [0.15, 0.2) is 0 Å². The molecule has 0 amide bonds. The van der Waals surface area contributed by atoms with Crippen LogP contribution in [0.5, 0.6) is 5.75 Å². The van der Waals surface area contributed by atoms with Crippen LogP contribution in [0.1, 0.15) is 39.7 Å². The van der Waals surface area contributed by atoms with Gasteiger partial charge >= 0.3 is 0 Å². The van der Waals surface area contributed by atoms with Gasteiger partial charge in [-0.2, -0.15) is 0 Å². The van der Waals surface area contributed by atoms with Crippen LogP contribution >= 0.6 is 0 Å². The van der Waals surface area contributed by atoms with E-state index in [0.29, 0.717) is 6.04 Å². The molecule has 21 heavy (non-hydrogen) atoms. The number of hydrogen-bond donors (Lipinski definition) is 1. The zero-order chi connectivity index (χ0) is 15.3. The molecule has 1 aliphatic rings. The van der Waals surface area contributed by atoms with Gasteiger partial charge in [0.2, 0.25) is 0 Å². The number of nitrogens with one attached hydrogen (secondary N) is 1. The van der Waals surface area contributed by atoms with Crippen LogP contribution in [0.4, 0.5) is 0 Å². The van der Waals surface area contributed by atoms with Gasteiger partial charge in [-0.15, -0.1) is 0 Å². The molecular formula is C18H30N2O. The first-order chi connectivity index (χ1) is 10.0. The molecule has 2 rings (SSSR count). The average molecular weight is 290 g/mol. The summed E-state index contributed by atoms with van der Waals surface area (Å²) in [5, 5.41) is 3.72. The minimum absolute atomic E-state index is 0.266. The molecule has 0 aromatic heterocycles. The fourth-order valence-corrected chi connectivity index (χ4v) is 2.76. The van der Waals surface area contributed by atoms with E-state index in [4.69, 9.17) is 4.74 Å². The highest BCUT2D eigenvalue weighted by atomic mass is 16.5. The minimum Gasteiger partial charge on any atom is -0.492 e. The van der Waals surface area contributed by atoms with E-state index in [1.165, 1.54) is 12.0 Å². The Kier molecular flexibility index (Phi) is 5.65. The predicted molar refractivity (Wildman–Crippen MR) is 88.8 cm³/mol. The van der Waals surface area contributed by atoms with Gasteiger partial charge in [0.05, 0.1) is 0 Å². The summed E-state index contributed by atoms with van der Waals surface area (Å²) < 4.78 is 5.86. The fraction of sp³-hybridized carbons (Fsp3) is 0.667. The molecule has 1 atom stereocenters. The summed E-state index contributed by atoms with van der Waals surface area (Å²) >= 11 is 0. The van der Waals surface area contributed by atoms with E-state index >= 15 is 0 Å². The maximum absolute atomic E-state index is 5.86. The van der Waals surface area contributed by atoms with Gasteiger partial charge in [-0.3, -0.25) is 4.90 Å². The van der Waals surface area contributed by atoms with Crippen molar-refractivity contribution in [3.05, 3.63) is 29.8 Å². The quantitative estimate of drug-likeness (QED) is 0.900. The minimum atomic E-state index is 0.266. The van der Waals surface area contributed by atoms with Crippen molar-refractivity contribution in [1.29, 1.82) is 0 Å². The molecule has 0 bridgehead atoms. The molecule has 1 aromatic rings. The normalized spacial score (nSPS) is 17.7. The Bertz CT molecular complexity index is 439. The standard InChI is InChI=1S/C18H30N2O/c1-5-10-19-17(18(2,3)4)14-20-11-12-21-16-9-7-6-8-15(16)13-20/h6-9,17,19H,5,10-14H2,1-4H3. The van der Waals surface area contributed by atoms with E-state index in [9.17, 15) is 0 Å². The Morgan fingerprint density at radius 1 is 1.29 bits per heavy atom. The molecule has 1 heterocycles. The third-order valence-electron chi connectivity index (χ3n) is 4.16. The highest BCUT2D eigenvalue weighted by Gasteiger charge is 2.27. The second-order valence-electron chi connectivity index (χ2n) is 7.06. The van der Waals surface area contributed by atoms with Gasteiger partial charge in [-0.1, -0.05) is 45.9 Å². The van der Waals surface area contributed by atoms with Crippen molar-refractivity contribution in [2.24, 2.45) is 5.41 Å². The zero-order valence-corrected chi connectivity index (χ0v) is 14.0. The van der Waals surface area contributed by atoms with E-state index in [2.05, 4.69) is 62.2 Å². The lowest BCUT2D eigenvalue weighted by atomic mass is 9.86. The summed E-state index contributed by atoms with van der Waals surface area (Å²) in [7, 11) is 0. The summed E-state index contributed by atoms with van der Waals surface area (Å²) in [6.45, 7) is 14.1. The lowest BCUT2D eigenvalue weighted by molar-refractivity contribution is 0.157. The van der Waals surface area contributed by atoms with Crippen molar-refractivity contribution in [2.45, 2.75) is 46.7 Å². The molecule has 0 saturated carbocycles. The van der Waals surface area contributed by atoms with E-state index in [1.807, 2.05) is 0 Å². The van der Waals surface area contributed by atoms with Gasteiger partial charge < -0.3 is 10.1 Å².